The van der Waals surface area contributed by atoms with Crippen molar-refractivity contribution in [2.24, 2.45) is 5.41 Å². The van der Waals surface area contributed by atoms with Crippen LogP contribution < -0.4 is 15.0 Å². The molecule has 0 radical (unpaired) electrons. The molecule has 0 bridgehead atoms. The molecule has 174 valence electrons. The molecule has 0 spiro atoms. The molecule has 1 aliphatic heterocycles. The van der Waals surface area contributed by atoms with Crippen LogP contribution in [0.5, 0.6) is 5.75 Å². The summed E-state index contributed by atoms with van der Waals surface area (Å²) >= 11 is 0. The molecule has 1 aromatic heterocycles. The largest absolute Gasteiger partial charge is 0.489 e. The van der Waals surface area contributed by atoms with Gasteiger partial charge in [-0.15, -0.1) is 0 Å². The number of rotatable bonds is 3. The number of anilines is 1. The first-order valence-electron chi connectivity index (χ1n) is 11.2. The van der Waals surface area contributed by atoms with Crippen molar-refractivity contribution in [2.45, 2.75) is 33.2 Å². The second-order valence-electron chi connectivity index (χ2n) is 9.35. The van der Waals surface area contributed by atoms with E-state index in [0.717, 1.165) is 16.7 Å². The predicted molar refractivity (Wildman–Crippen MR) is 131 cm³/mol. The van der Waals surface area contributed by atoms with Gasteiger partial charge in [0.15, 0.2) is 0 Å². The molecule has 0 saturated carbocycles. The monoisotopic (exact) mass is 456 g/mol. The fraction of sp³-hybridized carbons (Fsp3) is 0.296. The molecule has 4 rings (SSSR count). The molecule has 34 heavy (non-hydrogen) atoms. The molecule has 1 N–H and O–H groups in total. The zero-order chi connectivity index (χ0) is 24.3. The van der Waals surface area contributed by atoms with Crippen molar-refractivity contribution >= 4 is 17.6 Å². The van der Waals surface area contributed by atoms with E-state index in [-0.39, 0.29) is 17.9 Å². The minimum atomic E-state index is -0.851. The highest BCUT2D eigenvalue weighted by molar-refractivity contribution is 6.00. The number of ether oxygens (including phenoxy) is 1. The van der Waals surface area contributed by atoms with Crippen LogP contribution in [0.1, 0.15) is 37.5 Å². The standard InChI is InChI=1S/C27H28N4O3/c1-27(2,3)13-12-20-10-11-24-23(15-20)30(4)25(32)22(18-34-24)29-26(33)31-17-21(16-28-31)14-19-8-6-5-7-9-19/h5-11,15-17,22H,14,18H2,1-4H3,(H,29,33)/t22-/m1/s1. The van der Waals surface area contributed by atoms with Gasteiger partial charge in [-0.25, -0.2) is 4.79 Å². The van der Waals surface area contributed by atoms with Gasteiger partial charge in [0.25, 0.3) is 5.91 Å². The maximum absolute atomic E-state index is 13.1. The highest BCUT2D eigenvalue weighted by atomic mass is 16.5. The number of nitrogens with one attached hydrogen (secondary N) is 1. The lowest BCUT2D eigenvalue weighted by molar-refractivity contribution is -0.120. The van der Waals surface area contributed by atoms with Crippen LogP contribution in [0.3, 0.4) is 0 Å². The van der Waals surface area contributed by atoms with E-state index >= 15 is 0 Å². The molecular weight excluding hydrogens is 428 g/mol. The van der Waals surface area contributed by atoms with Gasteiger partial charge in [-0.2, -0.15) is 9.78 Å². The Balaban J connectivity index is 1.46. The van der Waals surface area contributed by atoms with Crippen molar-refractivity contribution in [3.8, 4) is 17.6 Å². The Morgan fingerprint density at radius 1 is 1.18 bits per heavy atom. The van der Waals surface area contributed by atoms with Gasteiger partial charge in [0.2, 0.25) is 0 Å². The number of fused-ring (bicyclic) bond motifs is 1. The van der Waals surface area contributed by atoms with Gasteiger partial charge < -0.3 is 15.0 Å². The van der Waals surface area contributed by atoms with E-state index in [1.54, 1.807) is 25.5 Å². The number of hydrogen-bond donors (Lipinski definition) is 1. The SMILES string of the molecule is CN1C(=O)[C@H](NC(=O)n2cc(Cc3ccccc3)cn2)COc2ccc(C#CC(C)(C)C)cc21. The first kappa shape index (κ1) is 23.1. The molecular formula is C27H28N4O3. The van der Waals surface area contributed by atoms with Crippen molar-refractivity contribution in [3.05, 3.63) is 77.6 Å². The van der Waals surface area contributed by atoms with Gasteiger partial charge in [-0.1, -0.05) is 42.2 Å². The van der Waals surface area contributed by atoms with E-state index in [4.69, 9.17) is 4.74 Å². The maximum Gasteiger partial charge on any atom is 0.342 e. The number of benzene rings is 2. The first-order chi connectivity index (χ1) is 16.2. The minimum absolute atomic E-state index is 0.0209. The Hall–Kier alpha value is -4.05. The second kappa shape index (κ2) is 9.44. The second-order valence-corrected chi connectivity index (χ2v) is 9.35. The highest BCUT2D eigenvalue weighted by Crippen LogP contribution is 2.31. The molecule has 0 unspecified atom stereocenters. The topological polar surface area (TPSA) is 76.5 Å². The lowest BCUT2D eigenvalue weighted by atomic mass is 9.97. The molecule has 7 heteroatoms. The molecule has 0 aliphatic carbocycles. The Labute approximate surface area is 199 Å². The molecule has 2 aromatic carbocycles. The van der Waals surface area contributed by atoms with Crippen LogP contribution in [-0.4, -0.2) is 41.4 Å². The van der Waals surface area contributed by atoms with E-state index in [0.29, 0.717) is 17.9 Å². The zero-order valence-electron chi connectivity index (χ0n) is 19.8. The average molecular weight is 457 g/mol. The number of nitrogens with zero attached hydrogens (tertiary/aromatic N) is 3. The number of carbonyl (C=O) groups excluding carboxylic acids is 2. The fourth-order valence-corrected chi connectivity index (χ4v) is 3.55. The van der Waals surface area contributed by atoms with Crippen molar-refractivity contribution in [3.63, 3.8) is 0 Å². The van der Waals surface area contributed by atoms with Gasteiger partial charge in [0.1, 0.15) is 18.4 Å². The summed E-state index contributed by atoms with van der Waals surface area (Å²) in [6.07, 6.45) is 3.99. The highest BCUT2D eigenvalue weighted by Gasteiger charge is 2.31. The van der Waals surface area contributed by atoms with Crippen molar-refractivity contribution < 1.29 is 14.3 Å². The molecule has 1 aliphatic rings. The summed E-state index contributed by atoms with van der Waals surface area (Å²) in [5.41, 5.74) is 3.31. The summed E-state index contributed by atoms with van der Waals surface area (Å²) in [6, 6.07) is 14.1. The van der Waals surface area contributed by atoms with Crippen LogP contribution in [0.15, 0.2) is 60.9 Å². The lowest BCUT2D eigenvalue weighted by Gasteiger charge is -2.20. The van der Waals surface area contributed by atoms with Gasteiger partial charge in [-0.05, 0) is 50.1 Å². The molecule has 0 saturated heterocycles. The maximum atomic E-state index is 13.1. The number of carbonyl (C=O) groups is 2. The minimum Gasteiger partial charge on any atom is -0.489 e. The van der Waals surface area contributed by atoms with E-state index in [2.05, 4.69) is 22.3 Å². The molecule has 1 atom stereocenters. The van der Waals surface area contributed by atoms with Crippen molar-refractivity contribution in [1.82, 2.24) is 15.1 Å². The summed E-state index contributed by atoms with van der Waals surface area (Å²) in [5.74, 6) is 6.64. The Kier molecular flexibility index (Phi) is 6.42. The first-order valence-corrected chi connectivity index (χ1v) is 11.2. The van der Waals surface area contributed by atoms with E-state index in [9.17, 15) is 9.59 Å². The third-order valence-electron chi connectivity index (χ3n) is 5.33. The van der Waals surface area contributed by atoms with Gasteiger partial charge in [0.05, 0.1) is 11.9 Å². The quantitative estimate of drug-likeness (QED) is 0.608. The van der Waals surface area contributed by atoms with Crippen LogP contribution in [0, 0.1) is 17.3 Å². The number of hydrogen-bond acceptors (Lipinski definition) is 4. The Morgan fingerprint density at radius 3 is 2.68 bits per heavy atom. The lowest BCUT2D eigenvalue weighted by Crippen LogP contribution is -2.50. The average Bonchev–Trinajstić information content (AvgIpc) is 3.24. The van der Waals surface area contributed by atoms with Crippen molar-refractivity contribution in [1.29, 1.82) is 0 Å². The summed E-state index contributed by atoms with van der Waals surface area (Å²) in [7, 11) is 1.67. The molecule has 2 heterocycles. The predicted octanol–water partition coefficient (Wildman–Crippen LogP) is 3.85. The van der Waals surface area contributed by atoms with E-state index in [1.165, 1.54) is 9.58 Å². The van der Waals surface area contributed by atoms with E-state index < -0.39 is 12.1 Å². The third kappa shape index (κ3) is 5.46. The number of aromatic nitrogens is 2. The fourth-order valence-electron chi connectivity index (χ4n) is 3.55. The third-order valence-corrected chi connectivity index (χ3v) is 5.33. The summed E-state index contributed by atoms with van der Waals surface area (Å²) < 4.78 is 7.08. The van der Waals surface area contributed by atoms with Crippen molar-refractivity contribution in [2.75, 3.05) is 18.6 Å². The van der Waals surface area contributed by atoms with Gasteiger partial charge in [0, 0.05) is 30.6 Å². The van der Waals surface area contributed by atoms with Gasteiger partial charge in [-0.3, -0.25) is 4.79 Å². The van der Waals surface area contributed by atoms with Gasteiger partial charge >= 0.3 is 6.03 Å². The van der Waals surface area contributed by atoms with Crippen LogP contribution in [0.4, 0.5) is 10.5 Å². The Morgan fingerprint density at radius 2 is 1.94 bits per heavy atom. The smallest absolute Gasteiger partial charge is 0.342 e. The number of likely N-dealkylation sites (N-methyl/N-ethyl adjacent to an activating group) is 1. The van der Waals surface area contributed by atoms with Crippen LogP contribution in [0.2, 0.25) is 0 Å². The molecule has 2 amide bonds. The molecule has 0 fully saturated rings. The Bertz CT molecular complexity index is 1260. The zero-order valence-corrected chi connectivity index (χ0v) is 19.8. The normalized spacial score (nSPS) is 15.5. The summed E-state index contributed by atoms with van der Waals surface area (Å²) in [6.45, 7) is 6.15. The summed E-state index contributed by atoms with van der Waals surface area (Å²) in [5, 5.41) is 6.90. The van der Waals surface area contributed by atoms with E-state index in [1.807, 2.05) is 63.2 Å². The molecule has 3 aromatic rings. The van der Waals surface area contributed by atoms with Crippen LogP contribution >= 0.6 is 0 Å². The molecule has 7 nitrogen and oxygen atoms in total. The summed E-state index contributed by atoms with van der Waals surface area (Å²) in [4.78, 5) is 27.4. The van der Waals surface area contributed by atoms with Crippen LogP contribution in [-0.2, 0) is 11.2 Å². The number of amides is 2. The van der Waals surface area contributed by atoms with Crippen LogP contribution in [0.25, 0.3) is 0 Å².